The normalized spacial score (nSPS) is 40.8. The van der Waals surface area contributed by atoms with Crippen LogP contribution in [-0.2, 0) is 4.79 Å². The second-order valence-corrected chi connectivity index (χ2v) is 10.3. The second-order valence-electron chi connectivity index (χ2n) is 10.3. The van der Waals surface area contributed by atoms with E-state index in [-0.39, 0.29) is 22.9 Å². The highest BCUT2D eigenvalue weighted by atomic mass is 16.2. The minimum absolute atomic E-state index is 0.0648. The van der Waals surface area contributed by atoms with Gasteiger partial charge in [-0.3, -0.25) is 4.79 Å². The molecule has 0 bridgehead atoms. The van der Waals surface area contributed by atoms with Gasteiger partial charge in [0.1, 0.15) is 6.07 Å². The van der Waals surface area contributed by atoms with Crippen LogP contribution in [0.3, 0.4) is 0 Å². The van der Waals surface area contributed by atoms with Crippen LogP contribution in [0.1, 0.15) is 76.8 Å². The molecule has 5 heteroatoms. The first-order valence-electron chi connectivity index (χ1n) is 11.6. The third-order valence-corrected chi connectivity index (χ3v) is 9.22. The number of carbonyl (C=O) groups excluding carboxylic acids is 1. The molecule has 4 aliphatic rings. The van der Waals surface area contributed by atoms with E-state index in [0.29, 0.717) is 11.7 Å². The zero-order valence-electron chi connectivity index (χ0n) is 17.4. The van der Waals surface area contributed by atoms with Gasteiger partial charge in [0.15, 0.2) is 11.5 Å². The van der Waals surface area contributed by atoms with Gasteiger partial charge in [-0.2, -0.15) is 5.26 Å². The molecule has 29 heavy (non-hydrogen) atoms. The van der Waals surface area contributed by atoms with Crippen LogP contribution in [0.4, 0.5) is 5.82 Å². The van der Waals surface area contributed by atoms with Gasteiger partial charge in [0.25, 0.3) is 0 Å². The van der Waals surface area contributed by atoms with Crippen LogP contribution in [0, 0.1) is 52.3 Å². The third-order valence-electron chi connectivity index (χ3n) is 9.22. The summed E-state index contributed by atoms with van der Waals surface area (Å²) in [5.74, 6) is 5.02. The maximum atomic E-state index is 13.2. The molecule has 1 N–H and O–H groups in total. The van der Waals surface area contributed by atoms with E-state index in [2.05, 4.69) is 22.2 Å². The summed E-state index contributed by atoms with van der Waals surface area (Å²) in [6.45, 7) is 2.39. The van der Waals surface area contributed by atoms with Crippen molar-refractivity contribution in [2.75, 3.05) is 5.32 Å². The lowest BCUT2D eigenvalue weighted by atomic mass is 9.50. The Morgan fingerprint density at radius 3 is 2.69 bits per heavy atom. The number of aromatic nitrogens is 2. The fourth-order valence-corrected chi connectivity index (χ4v) is 7.92. The van der Waals surface area contributed by atoms with Crippen LogP contribution in [0.15, 0.2) is 12.4 Å². The molecule has 1 heterocycles. The number of hydrogen-bond donors (Lipinski definition) is 1. The molecule has 1 amide bonds. The number of nitrogens with zero attached hydrogens (tertiary/aromatic N) is 3. The van der Waals surface area contributed by atoms with E-state index in [9.17, 15) is 4.79 Å². The average molecular weight is 393 g/mol. The van der Waals surface area contributed by atoms with Crippen LogP contribution in [0.2, 0.25) is 0 Å². The van der Waals surface area contributed by atoms with E-state index in [0.717, 1.165) is 30.1 Å². The molecule has 5 rings (SSSR count). The highest BCUT2D eigenvalue weighted by Crippen LogP contribution is 2.64. The molecule has 0 spiro atoms. The number of hydrogen-bond acceptors (Lipinski definition) is 4. The van der Waals surface area contributed by atoms with Gasteiger partial charge < -0.3 is 5.32 Å². The number of nitrogens with one attached hydrogen (secondary N) is 1. The number of carbonyl (C=O) groups is 1. The molecule has 154 valence electrons. The topological polar surface area (TPSA) is 78.7 Å². The Bertz CT molecular complexity index is 815. The Hall–Kier alpha value is -1.96. The fourth-order valence-electron chi connectivity index (χ4n) is 7.92. The van der Waals surface area contributed by atoms with Gasteiger partial charge in [0.2, 0.25) is 5.91 Å². The van der Waals surface area contributed by atoms with Crippen molar-refractivity contribution in [3.8, 4) is 6.07 Å². The SMILES string of the molecule is CC12CCC3C4CCCCC4CCC3C1CCC2C(=O)Nc1cnc(C#N)cn1. The summed E-state index contributed by atoms with van der Waals surface area (Å²) >= 11 is 0. The van der Waals surface area contributed by atoms with Crippen molar-refractivity contribution < 1.29 is 4.79 Å². The maximum Gasteiger partial charge on any atom is 0.229 e. The lowest BCUT2D eigenvalue weighted by Gasteiger charge is -2.55. The van der Waals surface area contributed by atoms with Crippen molar-refractivity contribution in [1.29, 1.82) is 5.26 Å². The third kappa shape index (κ3) is 3.16. The first kappa shape index (κ1) is 19.0. The number of anilines is 1. The number of nitriles is 1. The minimum atomic E-state index is 0.0648. The molecule has 7 atom stereocenters. The molecule has 0 aromatic carbocycles. The van der Waals surface area contributed by atoms with Gasteiger partial charge in [-0.25, -0.2) is 9.97 Å². The van der Waals surface area contributed by atoms with E-state index in [1.807, 2.05) is 6.07 Å². The molecule has 1 aromatic heterocycles. The molecular weight excluding hydrogens is 360 g/mol. The van der Waals surface area contributed by atoms with E-state index < -0.39 is 0 Å². The van der Waals surface area contributed by atoms with Crippen molar-refractivity contribution in [2.45, 2.75) is 71.1 Å². The summed E-state index contributed by atoms with van der Waals surface area (Å²) in [6.07, 6.45) is 16.2. The quantitative estimate of drug-likeness (QED) is 0.773. The Labute approximate surface area is 173 Å². The van der Waals surface area contributed by atoms with Gasteiger partial charge in [0, 0.05) is 5.92 Å². The lowest BCUT2D eigenvalue weighted by Crippen LogP contribution is -2.49. The first-order valence-corrected chi connectivity index (χ1v) is 11.6. The van der Waals surface area contributed by atoms with E-state index >= 15 is 0 Å². The average Bonchev–Trinajstić information content (AvgIpc) is 3.11. The smallest absolute Gasteiger partial charge is 0.229 e. The molecule has 0 aliphatic heterocycles. The Balaban J connectivity index is 1.31. The predicted octanol–water partition coefficient (Wildman–Crippen LogP) is 4.95. The number of fused-ring (bicyclic) bond motifs is 5. The molecule has 4 saturated carbocycles. The predicted molar refractivity (Wildman–Crippen MR) is 111 cm³/mol. The lowest BCUT2D eigenvalue weighted by molar-refractivity contribution is -0.127. The Morgan fingerprint density at radius 1 is 1.03 bits per heavy atom. The van der Waals surface area contributed by atoms with Crippen molar-refractivity contribution in [1.82, 2.24) is 9.97 Å². The highest BCUT2D eigenvalue weighted by Gasteiger charge is 2.58. The van der Waals surface area contributed by atoms with Crippen molar-refractivity contribution >= 4 is 11.7 Å². The maximum absolute atomic E-state index is 13.2. The number of amides is 1. The van der Waals surface area contributed by atoms with Crippen LogP contribution >= 0.6 is 0 Å². The van der Waals surface area contributed by atoms with Gasteiger partial charge in [-0.15, -0.1) is 0 Å². The van der Waals surface area contributed by atoms with Crippen LogP contribution in [0.25, 0.3) is 0 Å². The number of rotatable bonds is 2. The zero-order chi connectivity index (χ0) is 20.0. The molecule has 7 unspecified atom stereocenters. The molecular formula is C24H32N4O. The van der Waals surface area contributed by atoms with Gasteiger partial charge >= 0.3 is 0 Å². The van der Waals surface area contributed by atoms with Gasteiger partial charge in [-0.1, -0.05) is 26.2 Å². The van der Waals surface area contributed by atoms with Gasteiger partial charge in [0.05, 0.1) is 12.4 Å². The molecule has 0 radical (unpaired) electrons. The summed E-state index contributed by atoms with van der Waals surface area (Å²) in [4.78, 5) is 21.4. The van der Waals surface area contributed by atoms with Crippen molar-refractivity contribution in [3.05, 3.63) is 18.1 Å². The zero-order valence-corrected chi connectivity index (χ0v) is 17.4. The van der Waals surface area contributed by atoms with Crippen molar-refractivity contribution in [2.24, 2.45) is 40.9 Å². The largest absolute Gasteiger partial charge is 0.309 e. The summed E-state index contributed by atoms with van der Waals surface area (Å²) in [7, 11) is 0. The molecule has 4 aliphatic carbocycles. The molecule has 0 saturated heterocycles. The summed E-state index contributed by atoms with van der Waals surface area (Å²) in [5, 5.41) is 11.9. The van der Waals surface area contributed by atoms with Crippen molar-refractivity contribution in [3.63, 3.8) is 0 Å². The highest BCUT2D eigenvalue weighted by molar-refractivity contribution is 5.92. The minimum Gasteiger partial charge on any atom is -0.309 e. The summed E-state index contributed by atoms with van der Waals surface area (Å²) < 4.78 is 0. The second kappa shape index (κ2) is 7.38. The summed E-state index contributed by atoms with van der Waals surface area (Å²) in [6, 6.07) is 1.97. The van der Waals surface area contributed by atoms with Gasteiger partial charge in [-0.05, 0) is 80.0 Å². The molecule has 5 nitrogen and oxygen atoms in total. The standard InChI is InChI=1S/C24H32N4O/c1-24-11-10-18-17-5-3-2-4-15(17)6-7-19(18)20(24)8-9-21(24)23(29)28-22-14-26-16(12-25)13-27-22/h13-15,17-21H,2-11H2,1H3,(H,27,28,29). The first-order chi connectivity index (χ1) is 14.1. The molecule has 4 fully saturated rings. The Kier molecular flexibility index (Phi) is 4.84. The summed E-state index contributed by atoms with van der Waals surface area (Å²) in [5.41, 5.74) is 0.389. The van der Waals surface area contributed by atoms with E-state index in [4.69, 9.17) is 5.26 Å². The Morgan fingerprint density at radius 2 is 1.90 bits per heavy atom. The van der Waals surface area contributed by atoms with Crippen LogP contribution in [0.5, 0.6) is 0 Å². The van der Waals surface area contributed by atoms with E-state index in [1.165, 1.54) is 70.2 Å². The van der Waals surface area contributed by atoms with Crippen LogP contribution < -0.4 is 5.32 Å². The van der Waals surface area contributed by atoms with Crippen LogP contribution in [-0.4, -0.2) is 15.9 Å². The van der Waals surface area contributed by atoms with E-state index in [1.54, 1.807) is 0 Å². The molecule has 1 aromatic rings. The monoisotopic (exact) mass is 392 g/mol. The fraction of sp³-hybridized carbons (Fsp3) is 0.750.